The molecule has 0 atom stereocenters. The lowest BCUT2D eigenvalue weighted by Gasteiger charge is -2.06. The van der Waals surface area contributed by atoms with Gasteiger partial charge >= 0.3 is 0 Å². The molecule has 0 unspecified atom stereocenters. The number of aromatic nitrogens is 2. The van der Waals surface area contributed by atoms with Crippen molar-refractivity contribution in [1.29, 1.82) is 0 Å². The molecule has 2 heterocycles. The van der Waals surface area contributed by atoms with Crippen molar-refractivity contribution in [1.82, 2.24) is 9.55 Å². The van der Waals surface area contributed by atoms with E-state index in [9.17, 15) is 5.11 Å². The molecule has 0 fully saturated rings. The maximum absolute atomic E-state index is 9.43. The molecule has 0 radical (unpaired) electrons. The van der Waals surface area contributed by atoms with Crippen LogP contribution in [0.25, 0.3) is 16.7 Å². The van der Waals surface area contributed by atoms with Crippen LogP contribution in [0, 0.1) is 6.92 Å². The molecular formula is C14H12N2O. The van der Waals surface area contributed by atoms with Crippen LogP contribution < -0.4 is 0 Å². The van der Waals surface area contributed by atoms with Crippen molar-refractivity contribution in [3.63, 3.8) is 0 Å². The minimum Gasteiger partial charge on any atom is -0.506 e. The molecule has 1 aromatic carbocycles. The van der Waals surface area contributed by atoms with E-state index in [0.717, 1.165) is 22.4 Å². The van der Waals surface area contributed by atoms with Gasteiger partial charge in [-0.1, -0.05) is 18.2 Å². The number of fused-ring (bicyclic) bond motifs is 1. The minimum absolute atomic E-state index is 0.197. The van der Waals surface area contributed by atoms with E-state index in [1.807, 2.05) is 43.3 Å². The molecule has 3 rings (SSSR count). The molecule has 0 aliphatic rings. The van der Waals surface area contributed by atoms with E-state index in [1.165, 1.54) is 6.20 Å². The molecule has 1 N–H and O–H groups in total. The molecule has 0 bridgehead atoms. The number of aryl methyl sites for hydroxylation is 1. The standard InChI is InChI=1S/C14H12N2O/c1-10-7-11-8-13(17)9-15-14(11)16(10)12-5-3-2-4-6-12/h2-9,17H,1H3. The number of aromatic hydroxyl groups is 1. The fourth-order valence-corrected chi connectivity index (χ4v) is 2.12. The Bertz CT molecular complexity index is 671. The van der Waals surface area contributed by atoms with E-state index in [4.69, 9.17) is 0 Å². The predicted molar refractivity (Wildman–Crippen MR) is 67.5 cm³/mol. The van der Waals surface area contributed by atoms with Crippen LogP contribution in [-0.4, -0.2) is 14.7 Å². The monoisotopic (exact) mass is 224 g/mol. The summed E-state index contributed by atoms with van der Waals surface area (Å²) in [6.07, 6.45) is 1.47. The van der Waals surface area contributed by atoms with E-state index < -0.39 is 0 Å². The average Bonchev–Trinajstić information content (AvgIpc) is 2.65. The zero-order valence-corrected chi connectivity index (χ0v) is 9.46. The lowest BCUT2D eigenvalue weighted by molar-refractivity contribution is 0.474. The summed E-state index contributed by atoms with van der Waals surface area (Å²) < 4.78 is 2.08. The number of hydrogen-bond donors (Lipinski definition) is 1. The number of pyridine rings is 1. The Kier molecular flexibility index (Phi) is 2.11. The lowest BCUT2D eigenvalue weighted by atomic mass is 10.3. The van der Waals surface area contributed by atoms with Gasteiger partial charge in [-0.25, -0.2) is 4.98 Å². The second-order valence-electron chi connectivity index (χ2n) is 4.06. The highest BCUT2D eigenvalue weighted by Gasteiger charge is 2.08. The molecule has 0 amide bonds. The quantitative estimate of drug-likeness (QED) is 0.690. The second kappa shape index (κ2) is 3.63. The maximum atomic E-state index is 9.43. The van der Waals surface area contributed by atoms with Crippen LogP contribution in [0.5, 0.6) is 5.75 Å². The third kappa shape index (κ3) is 1.56. The van der Waals surface area contributed by atoms with Crippen LogP contribution in [0.1, 0.15) is 5.69 Å². The lowest BCUT2D eigenvalue weighted by Crippen LogP contribution is -1.96. The van der Waals surface area contributed by atoms with Crippen molar-refractivity contribution >= 4 is 11.0 Å². The fourth-order valence-electron chi connectivity index (χ4n) is 2.12. The van der Waals surface area contributed by atoms with Gasteiger partial charge in [0.2, 0.25) is 0 Å². The Morgan fingerprint density at radius 2 is 1.88 bits per heavy atom. The van der Waals surface area contributed by atoms with Crippen LogP contribution in [0.4, 0.5) is 0 Å². The number of benzene rings is 1. The Morgan fingerprint density at radius 3 is 2.65 bits per heavy atom. The summed E-state index contributed by atoms with van der Waals surface area (Å²) in [5.41, 5.74) is 3.05. The van der Waals surface area contributed by atoms with Crippen molar-refractivity contribution in [2.24, 2.45) is 0 Å². The Hall–Kier alpha value is -2.29. The molecule has 3 aromatic rings. The van der Waals surface area contributed by atoms with Gasteiger partial charge in [0.15, 0.2) is 0 Å². The first-order valence-electron chi connectivity index (χ1n) is 5.48. The highest BCUT2D eigenvalue weighted by molar-refractivity contribution is 5.80. The highest BCUT2D eigenvalue weighted by Crippen LogP contribution is 2.24. The summed E-state index contributed by atoms with van der Waals surface area (Å²) in [4.78, 5) is 4.29. The number of nitrogens with zero attached hydrogens (tertiary/aromatic N) is 2. The van der Waals surface area contributed by atoms with Gasteiger partial charge in [-0.3, -0.25) is 4.57 Å². The van der Waals surface area contributed by atoms with E-state index in [2.05, 4.69) is 9.55 Å². The molecule has 0 saturated heterocycles. The summed E-state index contributed by atoms with van der Waals surface area (Å²) in [6.45, 7) is 2.03. The van der Waals surface area contributed by atoms with Crippen LogP contribution >= 0.6 is 0 Å². The van der Waals surface area contributed by atoms with Gasteiger partial charge in [0.25, 0.3) is 0 Å². The summed E-state index contributed by atoms with van der Waals surface area (Å²) in [7, 11) is 0. The zero-order valence-electron chi connectivity index (χ0n) is 9.46. The van der Waals surface area contributed by atoms with Crippen molar-refractivity contribution in [2.75, 3.05) is 0 Å². The van der Waals surface area contributed by atoms with Crippen LogP contribution in [0.2, 0.25) is 0 Å². The third-order valence-electron chi connectivity index (χ3n) is 2.82. The number of rotatable bonds is 1. The Labute approximate surface area is 99.0 Å². The van der Waals surface area contributed by atoms with Gasteiger partial charge in [-0.2, -0.15) is 0 Å². The van der Waals surface area contributed by atoms with Crippen LogP contribution in [0.3, 0.4) is 0 Å². The van der Waals surface area contributed by atoms with Crippen molar-refractivity contribution in [3.8, 4) is 11.4 Å². The molecule has 2 aromatic heterocycles. The first-order chi connectivity index (χ1) is 8.25. The Morgan fingerprint density at radius 1 is 1.12 bits per heavy atom. The molecule has 17 heavy (non-hydrogen) atoms. The highest BCUT2D eigenvalue weighted by atomic mass is 16.3. The van der Waals surface area contributed by atoms with Gasteiger partial charge < -0.3 is 5.11 Å². The normalized spacial score (nSPS) is 10.9. The second-order valence-corrected chi connectivity index (χ2v) is 4.06. The molecule has 0 spiro atoms. The number of hydrogen-bond acceptors (Lipinski definition) is 2. The summed E-state index contributed by atoms with van der Waals surface area (Å²) in [6, 6.07) is 13.8. The van der Waals surface area contributed by atoms with Crippen molar-refractivity contribution in [2.45, 2.75) is 6.92 Å². The molecule has 0 saturated carbocycles. The average molecular weight is 224 g/mol. The summed E-state index contributed by atoms with van der Waals surface area (Å²) in [5.74, 6) is 0.197. The van der Waals surface area contributed by atoms with E-state index in [1.54, 1.807) is 6.07 Å². The third-order valence-corrected chi connectivity index (χ3v) is 2.82. The van der Waals surface area contributed by atoms with E-state index in [0.29, 0.717) is 0 Å². The molecule has 84 valence electrons. The van der Waals surface area contributed by atoms with Crippen LogP contribution in [-0.2, 0) is 0 Å². The van der Waals surface area contributed by atoms with Gasteiger partial charge in [-0.15, -0.1) is 0 Å². The molecule has 0 aliphatic carbocycles. The maximum Gasteiger partial charge on any atom is 0.144 e. The largest absolute Gasteiger partial charge is 0.506 e. The van der Waals surface area contributed by atoms with Crippen molar-refractivity contribution in [3.05, 3.63) is 54.4 Å². The van der Waals surface area contributed by atoms with E-state index in [-0.39, 0.29) is 5.75 Å². The SMILES string of the molecule is Cc1cc2cc(O)cnc2n1-c1ccccc1. The van der Waals surface area contributed by atoms with Gasteiger partial charge in [-0.05, 0) is 31.2 Å². The summed E-state index contributed by atoms with van der Waals surface area (Å²) in [5, 5.41) is 10.4. The molecule has 3 heteroatoms. The molecule has 0 aliphatic heterocycles. The molecule has 3 nitrogen and oxygen atoms in total. The minimum atomic E-state index is 0.197. The Balaban J connectivity index is 2.33. The van der Waals surface area contributed by atoms with Gasteiger partial charge in [0, 0.05) is 16.8 Å². The first kappa shape index (κ1) is 9.90. The first-order valence-corrected chi connectivity index (χ1v) is 5.48. The smallest absolute Gasteiger partial charge is 0.144 e. The van der Waals surface area contributed by atoms with Crippen molar-refractivity contribution < 1.29 is 5.11 Å². The molecular weight excluding hydrogens is 212 g/mol. The fraction of sp³-hybridized carbons (Fsp3) is 0.0714. The van der Waals surface area contributed by atoms with E-state index >= 15 is 0 Å². The zero-order chi connectivity index (χ0) is 11.8. The summed E-state index contributed by atoms with van der Waals surface area (Å²) >= 11 is 0. The topological polar surface area (TPSA) is 38.1 Å². The van der Waals surface area contributed by atoms with Gasteiger partial charge in [0.05, 0.1) is 6.20 Å². The van der Waals surface area contributed by atoms with Crippen LogP contribution in [0.15, 0.2) is 48.7 Å². The van der Waals surface area contributed by atoms with Gasteiger partial charge in [0.1, 0.15) is 11.4 Å². The predicted octanol–water partition coefficient (Wildman–Crippen LogP) is 3.04. The number of para-hydroxylation sites is 1.